The van der Waals surface area contributed by atoms with Crippen LogP contribution in [0.1, 0.15) is 12.5 Å². The second-order valence-corrected chi connectivity index (χ2v) is 11.6. The van der Waals surface area contributed by atoms with Gasteiger partial charge in [-0.3, -0.25) is 0 Å². The Morgan fingerprint density at radius 3 is 2.21 bits per heavy atom. The summed E-state index contributed by atoms with van der Waals surface area (Å²) in [4.78, 5) is 19.6. The van der Waals surface area contributed by atoms with E-state index >= 15 is 0 Å². The molecule has 39 heavy (non-hydrogen) atoms. The molecular weight excluding hydrogens is 533 g/mol. The third-order valence-electron chi connectivity index (χ3n) is 6.88. The Morgan fingerprint density at radius 1 is 0.897 bits per heavy atom. The summed E-state index contributed by atoms with van der Waals surface area (Å²) in [6, 6.07) is 10.8. The molecule has 2 aliphatic heterocycles. The molecule has 2 aliphatic rings. The van der Waals surface area contributed by atoms with Crippen molar-refractivity contribution >= 4 is 27.4 Å². The van der Waals surface area contributed by atoms with Crippen LogP contribution in [0.4, 0.5) is 30.8 Å². The number of nitrogens with zero attached hydrogens (tertiary/aromatic N) is 6. The van der Waals surface area contributed by atoms with Crippen LogP contribution in [-0.4, -0.2) is 81.6 Å². The third-order valence-corrected chi connectivity index (χ3v) is 8.63. The standard InChI is InChI=1S/C26H29F3N6O3S/c1-2-39(36,37)20-7-5-19(6-8-20)22-18-23(32-25(31-22)35-14-16-38-17-15-35)33-10-12-34(13-11-33)24-21(26(27,28)29)4-3-9-30-24/h3-9,18H,2,10-17H2,1H3. The predicted octanol–water partition coefficient (Wildman–Crippen LogP) is 3.51. The zero-order valence-corrected chi connectivity index (χ0v) is 22.2. The van der Waals surface area contributed by atoms with Crippen molar-refractivity contribution in [3.8, 4) is 11.3 Å². The summed E-state index contributed by atoms with van der Waals surface area (Å²) in [5.41, 5.74) is 0.629. The zero-order chi connectivity index (χ0) is 27.6. The lowest BCUT2D eigenvalue weighted by atomic mass is 10.1. The predicted molar refractivity (Wildman–Crippen MR) is 142 cm³/mol. The van der Waals surface area contributed by atoms with Gasteiger partial charge in [0.1, 0.15) is 11.6 Å². The molecule has 9 nitrogen and oxygen atoms in total. The molecule has 0 bridgehead atoms. The van der Waals surface area contributed by atoms with Gasteiger partial charge in [-0.25, -0.2) is 18.4 Å². The second kappa shape index (κ2) is 11.0. The number of alkyl halides is 3. The molecule has 2 aromatic heterocycles. The molecule has 4 heterocycles. The van der Waals surface area contributed by atoms with Gasteiger partial charge >= 0.3 is 6.18 Å². The van der Waals surface area contributed by atoms with E-state index in [1.807, 2.05) is 15.9 Å². The van der Waals surface area contributed by atoms with Crippen LogP contribution in [0, 0.1) is 0 Å². The Kier molecular flexibility index (Phi) is 7.63. The maximum atomic E-state index is 13.5. The molecule has 208 valence electrons. The highest BCUT2D eigenvalue weighted by Crippen LogP contribution is 2.36. The van der Waals surface area contributed by atoms with Gasteiger partial charge in [0, 0.05) is 57.1 Å². The Bertz CT molecular complexity index is 1410. The van der Waals surface area contributed by atoms with E-state index in [0.29, 0.717) is 69.9 Å². The quantitative estimate of drug-likeness (QED) is 0.448. The van der Waals surface area contributed by atoms with E-state index < -0.39 is 21.6 Å². The van der Waals surface area contributed by atoms with Crippen LogP contribution in [0.25, 0.3) is 11.3 Å². The van der Waals surface area contributed by atoms with E-state index in [1.165, 1.54) is 12.3 Å². The fourth-order valence-electron chi connectivity index (χ4n) is 4.65. The molecule has 2 saturated heterocycles. The fourth-order valence-corrected chi connectivity index (χ4v) is 5.54. The summed E-state index contributed by atoms with van der Waals surface area (Å²) in [6.07, 6.45) is -3.11. The molecule has 2 fully saturated rings. The van der Waals surface area contributed by atoms with Crippen molar-refractivity contribution in [2.75, 3.05) is 72.9 Å². The Hall–Kier alpha value is -3.45. The summed E-state index contributed by atoms with van der Waals surface area (Å²) < 4.78 is 70.6. The summed E-state index contributed by atoms with van der Waals surface area (Å²) >= 11 is 0. The minimum absolute atomic E-state index is 0.0140. The molecule has 0 spiro atoms. The number of halogens is 3. The van der Waals surface area contributed by atoms with Crippen molar-refractivity contribution < 1.29 is 26.3 Å². The molecule has 0 saturated carbocycles. The number of anilines is 3. The lowest BCUT2D eigenvalue weighted by molar-refractivity contribution is -0.137. The second-order valence-electron chi connectivity index (χ2n) is 9.29. The zero-order valence-electron chi connectivity index (χ0n) is 21.4. The average Bonchev–Trinajstić information content (AvgIpc) is 2.97. The van der Waals surface area contributed by atoms with Crippen molar-refractivity contribution in [3.63, 3.8) is 0 Å². The molecule has 3 aromatic rings. The number of hydrogen-bond acceptors (Lipinski definition) is 9. The highest BCUT2D eigenvalue weighted by Gasteiger charge is 2.36. The first-order chi connectivity index (χ1) is 18.7. The van der Waals surface area contributed by atoms with Crippen molar-refractivity contribution in [1.29, 1.82) is 0 Å². The summed E-state index contributed by atoms with van der Waals surface area (Å²) in [7, 11) is -3.33. The number of aromatic nitrogens is 3. The topological polar surface area (TPSA) is 91.8 Å². The third kappa shape index (κ3) is 5.93. The number of pyridine rings is 1. The van der Waals surface area contributed by atoms with E-state index in [9.17, 15) is 21.6 Å². The van der Waals surface area contributed by atoms with Crippen LogP contribution >= 0.6 is 0 Å². The summed E-state index contributed by atoms with van der Waals surface area (Å²) in [5, 5.41) is 0. The van der Waals surface area contributed by atoms with Crippen LogP contribution < -0.4 is 14.7 Å². The SMILES string of the molecule is CCS(=O)(=O)c1ccc(-c2cc(N3CCN(c4ncccc4C(F)(F)F)CC3)nc(N3CCOCC3)n2)cc1. The Balaban J connectivity index is 1.43. The van der Waals surface area contributed by atoms with Crippen LogP contribution in [0.3, 0.4) is 0 Å². The van der Waals surface area contributed by atoms with Crippen LogP contribution in [-0.2, 0) is 20.8 Å². The van der Waals surface area contributed by atoms with Crippen LogP contribution in [0.15, 0.2) is 53.6 Å². The molecular formula is C26H29F3N6O3S. The first-order valence-corrected chi connectivity index (χ1v) is 14.4. The van der Waals surface area contributed by atoms with Gasteiger partial charge < -0.3 is 19.4 Å². The van der Waals surface area contributed by atoms with E-state index in [0.717, 1.165) is 11.6 Å². The number of rotatable bonds is 6. The minimum atomic E-state index is -4.48. The Morgan fingerprint density at radius 2 is 1.56 bits per heavy atom. The molecule has 5 rings (SSSR count). The maximum absolute atomic E-state index is 13.5. The van der Waals surface area contributed by atoms with Gasteiger partial charge in [-0.15, -0.1) is 0 Å². The molecule has 0 amide bonds. The molecule has 0 N–H and O–H groups in total. The fraction of sp³-hybridized carbons (Fsp3) is 0.423. The van der Waals surface area contributed by atoms with Crippen LogP contribution in [0.2, 0.25) is 0 Å². The first-order valence-electron chi connectivity index (χ1n) is 12.7. The van der Waals surface area contributed by atoms with Crippen molar-refractivity contribution in [1.82, 2.24) is 15.0 Å². The molecule has 0 aliphatic carbocycles. The van der Waals surface area contributed by atoms with Gasteiger partial charge in [-0.05, 0) is 24.3 Å². The van der Waals surface area contributed by atoms with Gasteiger partial charge in [0.15, 0.2) is 9.84 Å². The van der Waals surface area contributed by atoms with E-state index in [2.05, 4.69) is 4.98 Å². The molecule has 0 atom stereocenters. The normalized spacial score (nSPS) is 17.0. The summed E-state index contributed by atoms with van der Waals surface area (Å²) in [5.74, 6) is 1.13. The number of benzene rings is 1. The van der Waals surface area contributed by atoms with Crippen molar-refractivity contribution in [2.24, 2.45) is 0 Å². The van der Waals surface area contributed by atoms with E-state index in [-0.39, 0.29) is 16.5 Å². The lowest BCUT2D eigenvalue weighted by Crippen LogP contribution is -2.48. The van der Waals surface area contributed by atoms with Gasteiger partial charge in [0.25, 0.3) is 0 Å². The molecule has 13 heteroatoms. The number of morpholine rings is 1. The first kappa shape index (κ1) is 27.1. The highest BCUT2D eigenvalue weighted by atomic mass is 32.2. The smallest absolute Gasteiger partial charge is 0.378 e. The monoisotopic (exact) mass is 562 g/mol. The largest absolute Gasteiger partial charge is 0.419 e. The van der Waals surface area contributed by atoms with Gasteiger partial charge in [-0.2, -0.15) is 18.2 Å². The molecule has 0 radical (unpaired) electrons. The van der Waals surface area contributed by atoms with Gasteiger partial charge in [0.2, 0.25) is 5.95 Å². The van der Waals surface area contributed by atoms with Crippen molar-refractivity contribution in [3.05, 3.63) is 54.2 Å². The number of piperazine rings is 1. The van der Waals surface area contributed by atoms with E-state index in [4.69, 9.17) is 14.7 Å². The minimum Gasteiger partial charge on any atom is -0.378 e. The summed E-state index contributed by atoms with van der Waals surface area (Å²) in [6.45, 7) is 5.54. The lowest BCUT2D eigenvalue weighted by Gasteiger charge is -2.37. The van der Waals surface area contributed by atoms with Gasteiger partial charge in [-0.1, -0.05) is 19.1 Å². The molecule has 0 unspecified atom stereocenters. The molecule has 1 aromatic carbocycles. The number of sulfone groups is 1. The average molecular weight is 563 g/mol. The highest BCUT2D eigenvalue weighted by molar-refractivity contribution is 7.91. The van der Waals surface area contributed by atoms with Gasteiger partial charge in [0.05, 0.1) is 35.1 Å². The number of ether oxygens (including phenoxy) is 1. The maximum Gasteiger partial charge on any atom is 0.419 e. The Labute approximate surface area is 225 Å². The van der Waals surface area contributed by atoms with Crippen LogP contribution in [0.5, 0.6) is 0 Å². The van der Waals surface area contributed by atoms with E-state index in [1.54, 1.807) is 36.1 Å². The number of hydrogen-bond donors (Lipinski definition) is 0. The van der Waals surface area contributed by atoms with Crippen molar-refractivity contribution in [2.45, 2.75) is 18.0 Å².